The molecule has 2 heterocycles. The van der Waals surface area contributed by atoms with Crippen molar-refractivity contribution < 1.29 is 9.59 Å². The molecule has 2 aliphatic rings. The molecule has 0 aromatic heterocycles. The van der Waals surface area contributed by atoms with Crippen molar-refractivity contribution in [3.63, 3.8) is 0 Å². The summed E-state index contributed by atoms with van der Waals surface area (Å²) in [6.45, 7) is 0.405. The average Bonchev–Trinajstić information content (AvgIpc) is 2.80. The molecule has 23 heavy (non-hydrogen) atoms. The van der Waals surface area contributed by atoms with Crippen LogP contribution in [0.1, 0.15) is 32.7 Å². The fourth-order valence-corrected chi connectivity index (χ4v) is 3.70. The standard InChI is InChI=1S/C18H15BrN2O2/c19-12-6-8-16-11(9-12)5-7-13(20-16)10-21-17(22)14-3-1-2-4-15(14)18(21)23/h1-4,6,8-9,13,20H,5,7,10H2. The molecule has 2 aromatic carbocycles. The zero-order chi connectivity index (χ0) is 16.0. The molecule has 2 amide bonds. The fraction of sp³-hybridized carbons (Fsp3) is 0.222. The highest BCUT2D eigenvalue weighted by molar-refractivity contribution is 9.10. The summed E-state index contributed by atoms with van der Waals surface area (Å²) in [6, 6.07) is 13.3. The second-order valence-corrected chi connectivity index (χ2v) is 6.86. The van der Waals surface area contributed by atoms with Crippen LogP contribution >= 0.6 is 15.9 Å². The van der Waals surface area contributed by atoms with Gasteiger partial charge in [-0.05, 0) is 48.7 Å². The first-order chi connectivity index (χ1) is 11.1. The summed E-state index contributed by atoms with van der Waals surface area (Å²) in [6.07, 6.45) is 1.84. The van der Waals surface area contributed by atoms with E-state index in [1.807, 2.05) is 12.1 Å². The number of nitrogens with one attached hydrogen (secondary N) is 1. The van der Waals surface area contributed by atoms with Crippen molar-refractivity contribution in [2.24, 2.45) is 0 Å². The SMILES string of the molecule is O=C1c2ccccc2C(=O)N1CC1CCc2cc(Br)ccc2N1. The summed E-state index contributed by atoms with van der Waals surface area (Å²) in [5.41, 5.74) is 3.37. The van der Waals surface area contributed by atoms with Gasteiger partial charge in [-0.2, -0.15) is 0 Å². The smallest absolute Gasteiger partial charge is 0.261 e. The van der Waals surface area contributed by atoms with Gasteiger partial charge in [0.2, 0.25) is 0 Å². The van der Waals surface area contributed by atoms with Gasteiger partial charge in [-0.25, -0.2) is 0 Å². The van der Waals surface area contributed by atoms with Gasteiger partial charge in [-0.1, -0.05) is 28.1 Å². The third-order valence-electron chi connectivity index (χ3n) is 4.47. The van der Waals surface area contributed by atoms with Crippen molar-refractivity contribution >= 4 is 33.4 Å². The Morgan fingerprint density at radius 2 is 1.78 bits per heavy atom. The second kappa shape index (κ2) is 5.49. The third-order valence-corrected chi connectivity index (χ3v) is 4.96. The van der Waals surface area contributed by atoms with E-state index in [2.05, 4.69) is 27.3 Å². The van der Waals surface area contributed by atoms with E-state index in [0.29, 0.717) is 17.7 Å². The van der Waals surface area contributed by atoms with E-state index in [1.165, 1.54) is 10.5 Å². The predicted molar refractivity (Wildman–Crippen MR) is 91.7 cm³/mol. The molecule has 1 unspecified atom stereocenters. The highest BCUT2D eigenvalue weighted by atomic mass is 79.9. The molecular weight excluding hydrogens is 356 g/mol. The molecule has 4 nitrogen and oxygen atoms in total. The molecule has 4 rings (SSSR count). The fourth-order valence-electron chi connectivity index (χ4n) is 3.29. The minimum absolute atomic E-state index is 0.0888. The lowest BCUT2D eigenvalue weighted by atomic mass is 9.98. The average molecular weight is 371 g/mol. The van der Waals surface area contributed by atoms with Gasteiger partial charge < -0.3 is 5.32 Å². The zero-order valence-corrected chi connectivity index (χ0v) is 14.0. The van der Waals surface area contributed by atoms with Crippen molar-refractivity contribution in [1.29, 1.82) is 0 Å². The molecule has 0 bridgehead atoms. The van der Waals surface area contributed by atoms with Crippen LogP contribution < -0.4 is 5.32 Å². The monoisotopic (exact) mass is 370 g/mol. The number of nitrogens with zero attached hydrogens (tertiary/aromatic N) is 1. The lowest BCUT2D eigenvalue weighted by Gasteiger charge is -2.29. The molecule has 2 aliphatic heterocycles. The Kier molecular flexibility index (Phi) is 3.45. The lowest BCUT2D eigenvalue weighted by Crippen LogP contribution is -2.41. The minimum Gasteiger partial charge on any atom is -0.380 e. The number of imide groups is 1. The highest BCUT2D eigenvalue weighted by Gasteiger charge is 2.36. The molecule has 0 radical (unpaired) electrons. The molecule has 1 atom stereocenters. The predicted octanol–water partition coefficient (Wildman–Crippen LogP) is 3.47. The normalized spacial score (nSPS) is 19.3. The van der Waals surface area contributed by atoms with Gasteiger partial charge in [0.1, 0.15) is 0 Å². The summed E-state index contributed by atoms with van der Waals surface area (Å²) in [7, 11) is 0. The summed E-state index contributed by atoms with van der Waals surface area (Å²) in [5.74, 6) is -0.372. The Morgan fingerprint density at radius 1 is 1.09 bits per heavy atom. The maximum atomic E-state index is 12.4. The number of hydrogen-bond donors (Lipinski definition) is 1. The Balaban J connectivity index is 1.53. The number of fused-ring (bicyclic) bond motifs is 2. The highest BCUT2D eigenvalue weighted by Crippen LogP contribution is 2.29. The van der Waals surface area contributed by atoms with E-state index >= 15 is 0 Å². The number of aryl methyl sites for hydroxylation is 1. The van der Waals surface area contributed by atoms with Gasteiger partial charge in [0.15, 0.2) is 0 Å². The van der Waals surface area contributed by atoms with Crippen molar-refractivity contribution in [2.45, 2.75) is 18.9 Å². The quantitative estimate of drug-likeness (QED) is 0.823. The Bertz CT molecular complexity index is 783. The number of amides is 2. The van der Waals surface area contributed by atoms with Crippen LogP contribution in [0.5, 0.6) is 0 Å². The molecule has 0 saturated carbocycles. The topological polar surface area (TPSA) is 49.4 Å². The van der Waals surface area contributed by atoms with Crippen LogP contribution in [0, 0.1) is 0 Å². The van der Waals surface area contributed by atoms with Gasteiger partial charge >= 0.3 is 0 Å². The Hall–Kier alpha value is -2.14. The molecule has 5 heteroatoms. The van der Waals surface area contributed by atoms with Gasteiger partial charge in [0.05, 0.1) is 11.1 Å². The van der Waals surface area contributed by atoms with E-state index < -0.39 is 0 Å². The Labute approximate surface area is 142 Å². The number of carbonyl (C=O) groups excluding carboxylic acids is 2. The number of rotatable bonds is 2. The lowest BCUT2D eigenvalue weighted by molar-refractivity contribution is 0.0646. The van der Waals surface area contributed by atoms with Crippen LogP contribution in [0.4, 0.5) is 5.69 Å². The van der Waals surface area contributed by atoms with E-state index in [0.717, 1.165) is 23.0 Å². The molecule has 0 aliphatic carbocycles. The maximum absolute atomic E-state index is 12.4. The van der Waals surface area contributed by atoms with E-state index in [-0.39, 0.29) is 17.9 Å². The van der Waals surface area contributed by atoms with E-state index in [9.17, 15) is 9.59 Å². The summed E-state index contributed by atoms with van der Waals surface area (Å²) in [5, 5.41) is 3.45. The molecule has 2 aromatic rings. The minimum atomic E-state index is -0.186. The maximum Gasteiger partial charge on any atom is 0.261 e. The number of halogens is 1. The van der Waals surface area contributed by atoms with Gasteiger partial charge in [-0.15, -0.1) is 0 Å². The van der Waals surface area contributed by atoms with Crippen LogP contribution in [0.15, 0.2) is 46.9 Å². The summed E-state index contributed by atoms with van der Waals surface area (Å²) >= 11 is 3.48. The van der Waals surface area contributed by atoms with Gasteiger partial charge in [0.25, 0.3) is 11.8 Å². The Morgan fingerprint density at radius 3 is 2.48 bits per heavy atom. The molecule has 1 N–H and O–H groups in total. The molecule has 116 valence electrons. The van der Waals surface area contributed by atoms with Crippen molar-refractivity contribution in [1.82, 2.24) is 4.90 Å². The summed E-state index contributed by atoms with van der Waals surface area (Å²) in [4.78, 5) is 26.3. The molecular formula is C18H15BrN2O2. The number of carbonyl (C=O) groups is 2. The third kappa shape index (κ3) is 2.45. The van der Waals surface area contributed by atoms with Gasteiger partial charge in [0, 0.05) is 22.7 Å². The van der Waals surface area contributed by atoms with Crippen molar-refractivity contribution in [2.75, 3.05) is 11.9 Å². The first-order valence-electron chi connectivity index (χ1n) is 7.63. The molecule has 0 spiro atoms. The van der Waals surface area contributed by atoms with Crippen LogP contribution in [-0.4, -0.2) is 29.3 Å². The summed E-state index contributed by atoms with van der Waals surface area (Å²) < 4.78 is 1.07. The van der Waals surface area contributed by atoms with Crippen molar-refractivity contribution in [3.8, 4) is 0 Å². The van der Waals surface area contributed by atoms with Crippen LogP contribution in [0.3, 0.4) is 0 Å². The van der Waals surface area contributed by atoms with Crippen LogP contribution in [-0.2, 0) is 6.42 Å². The van der Waals surface area contributed by atoms with Crippen LogP contribution in [0.25, 0.3) is 0 Å². The van der Waals surface area contributed by atoms with E-state index in [1.54, 1.807) is 24.3 Å². The second-order valence-electron chi connectivity index (χ2n) is 5.95. The zero-order valence-electron chi connectivity index (χ0n) is 12.4. The first kappa shape index (κ1) is 14.5. The molecule has 0 saturated heterocycles. The number of anilines is 1. The number of benzene rings is 2. The van der Waals surface area contributed by atoms with Crippen molar-refractivity contribution in [3.05, 3.63) is 63.6 Å². The molecule has 0 fully saturated rings. The van der Waals surface area contributed by atoms with E-state index in [4.69, 9.17) is 0 Å². The van der Waals surface area contributed by atoms with Crippen LogP contribution in [0.2, 0.25) is 0 Å². The largest absolute Gasteiger partial charge is 0.380 e. The first-order valence-corrected chi connectivity index (χ1v) is 8.43. The van der Waals surface area contributed by atoms with Gasteiger partial charge in [-0.3, -0.25) is 14.5 Å². The number of hydrogen-bond acceptors (Lipinski definition) is 3.